The summed E-state index contributed by atoms with van der Waals surface area (Å²) in [6, 6.07) is 86.6. The van der Waals surface area contributed by atoms with Gasteiger partial charge < -0.3 is 14.4 Å². The smallest absolute Gasteiger partial charge is 0.0722 e. The van der Waals surface area contributed by atoms with Crippen LogP contribution in [0.5, 0.6) is 0 Å². The molecule has 10 aromatic carbocycles. The minimum absolute atomic E-state index is 0.249. The molecule has 3 nitrogen and oxygen atoms in total. The Kier molecular flexibility index (Phi) is 9.75. The second kappa shape index (κ2) is 17.0. The first kappa shape index (κ1) is 42.5. The van der Waals surface area contributed by atoms with Crippen molar-refractivity contribution in [3.63, 3.8) is 0 Å². The summed E-state index contributed by atoms with van der Waals surface area (Å²) in [7, 11) is 0. The molecule has 1 unspecified atom stereocenters. The van der Waals surface area contributed by atoms with Gasteiger partial charge in [-0.15, -0.1) is 0 Å². The molecule has 0 saturated carbocycles. The Bertz CT molecular complexity index is 4140. The van der Waals surface area contributed by atoms with E-state index in [1.807, 2.05) is 0 Å². The van der Waals surface area contributed by atoms with Crippen molar-refractivity contribution in [1.82, 2.24) is 4.57 Å². The Morgan fingerprint density at radius 1 is 0.405 bits per heavy atom. The van der Waals surface area contributed by atoms with Crippen LogP contribution in [0.2, 0.25) is 0 Å². The molecule has 350 valence electrons. The topological polar surface area (TPSA) is 11.4 Å². The van der Waals surface area contributed by atoms with Gasteiger partial charge in [-0.25, -0.2) is 0 Å². The molecule has 1 spiro atoms. The van der Waals surface area contributed by atoms with Gasteiger partial charge in [0.2, 0.25) is 0 Å². The van der Waals surface area contributed by atoms with E-state index in [0.717, 1.165) is 64.5 Å². The van der Waals surface area contributed by atoms with Gasteiger partial charge in [0.05, 0.1) is 11.5 Å². The molecule has 0 aliphatic heterocycles. The van der Waals surface area contributed by atoms with Crippen LogP contribution in [0.1, 0.15) is 47.6 Å². The van der Waals surface area contributed by atoms with E-state index < -0.39 is 5.41 Å². The van der Waals surface area contributed by atoms with Crippen LogP contribution < -0.4 is 9.80 Å². The number of aromatic nitrogens is 1. The van der Waals surface area contributed by atoms with Gasteiger partial charge in [0.25, 0.3) is 0 Å². The van der Waals surface area contributed by atoms with E-state index in [4.69, 9.17) is 0 Å². The van der Waals surface area contributed by atoms with Crippen LogP contribution in [-0.2, 0) is 5.41 Å². The second-order valence-electron chi connectivity index (χ2n) is 20.3. The van der Waals surface area contributed by atoms with Crippen molar-refractivity contribution in [3.8, 4) is 22.3 Å². The van der Waals surface area contributed by atoms with Crippen LogP contribution in [0, 0.1) is 0 Å². The normalized spacial score (nSPS) is 15.7. The van der Waals surface area contributed by atoms with E-state index in [-0.39, 0.29) is 6.04 Å². The van der Waals surface area contributed by atoms with Crippen LogP contribution in [0.4, 0.5) is 34.1 Å². The zero-order valence-corrected chi connectivity index (χ0v) is 40.9. The summed E-state index contributed by atoms with van der Waals surface area (Å²) in [5.74, 6) is 0. The maximum absolute atomic E-state index is 2.54. The monoisotopic (exact) mass is 945 g/mol. The van der Waals surface area contributed by atoms with E-state index in [1.165, 1.54) is 77.1 Å². The number of benzene rings is 10. The van der Waals surface area contributed by atoms with E-state index >= 15 is 0 Å². The van der Waals surface area contributed by atoms with Crippen molar-refractivity contribution < 1.29 is 0 Å². The van der Waals surface area contributed by atoms with Gasteiger partial charge >= 0.3 is 0 Å². The van der Waals surface area contributed by atoms with E-state index in [1.54, 1.807) is 0 Å². The Morgan fingerprint density at radius 2 is 1.04 bits per heavy atom. The van der Waals surface area contributed by atoms with Crippen LogP contribution >= 0.6 is 0 Å². The molecule has 3 heteroatoms. The Morgan fingerprint density at radius 3 is 1.77 bits per heavy atom. The summed E-state index contributed by atoms with van der Waals surface area (Å²) in [5.41, 5.74) is 21.9. The highest BCUT2D eigenvalue weighted by Crippen LogP contribution is 2.64. The number of anilines is 6. The van der Waals surface area contributed by atoms with Gasteiger partial charge in [0, 0.05) is 55.9 Å². The third-order valence-corrected chi connectivity index (χ3v) is 16.3. The molecule has 4 aliphatic carbocycles. The van der Waals surface area contributed by atoms with Crippen LogP contribution in [0.15, 0.2) is 273 Å². The van der Waals surface area contributed by atoms with Gasteiger partial charge in [-0.05, 0) is 171 Å². The lowest BCUT2D eigenvalue weighted by atomic mass is 9.69. The Hall–Kier alpha value is -9.18. The number of nitrogens with zero attached hydrogens (tertiary/aromatic N) is 3. The van der Waals surface area contributed by atoms with Crippen molar-refractivity contribution in [2.24, 2.45) is 0 Å². The highest BCUT2D eigenvalue weighted by atomic mass is 15.2. The van der Waals surface area contributed by atoms with E-state index in [9.17, 15) is 0 Å². The van der Waals surface area contributed by atoms with Crippen LogP contribution in [0.25, 0.3) is 60.4 Å². The number of allylic oxidation sites excluding steroid dienone is 8. The predicted molar refractivity (Wildman–Crippen MR) is 311 cm³/mol. The molecule has 4 aliphatic rings. The number of hydrogen-bond acceptors (Lipinski definition) is 2. The molecule has 0 N–H and O–H groups in total. The van der Waals surface area contributed by atoms with Crippen molar-refractivity contribution in [1.29, 1.82) is 0 Å². The standard InChI is InChI=1S/C71H51N3/c1-4-22-52(23-5-1)72(55-38-36-48-20-10-11-21-49(48)42-55)57-43-51(50-37-41-70-64(45-50)63-31-15-19-35-69(63)74(70)54-26-8-3-9-27-54)44-58(46-57)73(53-24-6-2-7-25-53)56-39-40-62-61-30-14-18-34-67(61)71(68(62)47-56)65-32-16-12-28-59(65)60-29-13-17-33-66(60)71/h1-13,15-26,28-29,31-47,54H,14,27,30H2. The fourth-order valence-corrected chi connectivity index (χ4v) is 13.2. The summed E-state index contributed by atoms with van der Waals surface area (Å²) >= 11 is 0. The minimum atomic E-state index is -0.432. The third-order valence-electron chi connectivity index (χ3n) is 16.3. The average Bonchev–Trinajstić information content (AvgIpc) is 4.14. The van der Waals surface area contributed by atoms with Gasteiger partial charge in [-0.3, -0.25) is 0 Å². The molecule has 15 rings (SSSR count). The molecular formula is C71H51N3. The number of para-hydroxylation sites is 3. The van der Waals surface area contributed by atoms with Gasteiger partial charge in [0.15, 0.2) is 0 Å². The Balaban J connectivity index is 0.987. The third kappa shape index (κ3) is 6.46. The van der Waals surface area contributed by atoms with Crippen molar-refractivity contribution in [2.45, 2.75) is 30.7 Å². The largest absolute Gasteiger partial charge is 0.333 e. The maximum Gasteiger partial charge on any atom is 0.0722 e. The number of hydrogen-bond donors (Lipinski definition) is 0. The van der Waals surface area contributed by atoms with E-state index in [2.05, 4.69) is 281 Å². The lowest BCUT2D eigenvalue weighted by molar-refractivity contribution is 0.648. The predicted octanol–water partition coefficient (Wildman–Crippen LogP) is 19.0. The highest BCUT2D eigenvalue weighted by Gasteiger charge is 2.52. The minimum Gasteiger partial charge on any atom is -0.333 e. The van der Waals surface area contributed by atoms with E-state index in [0.29, 0.717) is 0 Å². The Labute approximate surface area is 432 Å². The summed E-state index contributed by atoms with van der Waals surface area (Å²) < 4.78 is 2.54. The molecule has 0 radical (unpaired) electrons. The number of rotatable bonds is 8. The van der Waals surface area contributed by atoms with Crippen molar-refractivity contribution in [2.75, 3.05) is 9.80 Å². The van der Waals surface area contributed by atoms with Crippen molar-refractivity contribution in [3.05, 3.63) is 295 Å². The fourth-order valence-electron chi connectivity index (χ4n) is 13.2. The lowest BCUT2D eigenvalue weighted by Crippen LogP contribution is -2.27. The molecule has 0 saturated heterocycles. The van der Waals surface area contributed by atoms with Gasteiger partial charge in [-0.1, -0.05) is 182 Å². The molecule has 1 atom stereocenters. The lowest BCUT2D eigenvalue weighted by Gasteiger charge is -2.34. The first-order chi connectivity index (χ1) is 36.7. The van der Waals surface area contributed by atoms with Gasteiger partial charge in [-0.2, -0.15) is 0 Å². The molecule has 0 amide bonds. The first-order valence-electron chi connectivity index (χ1n) is 26.2. The molecule has 1 heterocycles. The molecule has 1 aromatic heterocycles. The van der Waals surface area contributed by atoms with Crippen LogP contribution in [0.3, 0.4) is 0 Å². The average molecular weight is 946 g/mol. The zero-order valence-electron chi connectivity index (χ0n) is 40.9. The molecule has 11 aromatic rings. The van der Waals surface area contributed by atoms with Gasteiger partial charge in [0.1, 0.15) is 0 Å². The highest BCUT2D eigenvalue weighted by molar-refractivity contribution is 6.10. The summed E-state index contributed by atoms with van der Waals surface area (Å²) in [5, 5.41) is 4.94. The quantitative estimate of drug-likeness (QED) is 0.150. The maximum atomic E-state index is 2.54. The first-order valence-corrected chi connectivity index (χ1v) is 26.2. The molecule has 0 fully saturated rings. The fraction of sp³-hybridized carbons (Fsp3) is 0.0704. The summed E-state index contributed by atoms with van der Waals surface area (Å²) in [6.45, 7) is 0. The molecular weight excluding hydrogens is 895 g/mol. The second-order valence-corrected chi connectivity index (χ2v) is 20.3. The molecule has 74 heavy (non-hydrogen) atoms. The summed E-state index contributed by atoms with van der Waals surface area (Å²) in [4.78, 5) is 4.93. The SMILES string of the molecule is C1=CCC(n2c3ccccc3c3cc(-c4cc(N(c5ccccc5)c5ccc6c(c5)C5(C7=C6CCC=C7)c6ccccc6-c6ccccc65)cc(N(c5ccccc5)c5ccc6ccccc6c5)c4)ccc32)C=C1. The zero-order chi connectivity index (χ0) is 48.7. The van der Waals surface area contributed by atoms with Crippen LogP contribution in [-0.4, -0.2) is 4.57 Å². The summed E-state index contributed by atoms with van der Waals surface area (Å²) in [6.07, 6.45) is 16.9. The van der Waals surface area contributed by atoms with Crippen molar-refractivity contribution >= 4 is 72.3 Å². The number of fused-ring (bicyclic) bond motifs is 13. The molecule has 0 bridgehead atoms.